The lowest BCUT2D eigenvalue weighted by atomic mass is 9.93. The van der Waals surface area contributed by atoms with Crippen molar-refractivity contribution in [2.75, 3.05) is 33.2 Å². The van der Waals surface area contributed by atoms with E-state index in [1.165, 1.54) is 0 Å². The SMILES string of the molecule is CCC(C)C(=O)N1CCCC(C(=O)N2CCC(NC)CC2)C1. The third kappa shape index (κ3) is 4.00. The molecule has 126 valence electrons. The lowest BCUT2D eigenvalue weighted by Gasteiger charge is -2.38. The van der Waals surface area contributed by atoms with E-state index < -0.39 is 0 Å². The summed E-state index contributed by atoms with van der Waals surface area (Å²) >= 11 is 0. The summed E-state index contributed by atoms with van der Waals surface area (Å²) < 4.78 is 0. The molecule has 2 aliphatic rings. The normalized spacial score (nSPS) is 25.1. The molecule has 22 heavy (non-hydrogen) atoms. The van der Waals surface area contributed by atoms with Gasteiger partial charge in [-0.1, -0.05) is 13.8 Å². The first-order valence-electron chi connectivity index (χ1n) is 8.81. The number of carbonyl (C=O) groups excluding carboxylic acids is 2. The number of amides is 2. The maximum Gasteiger partial charge on any atom is 0.227 e. The van der Waals surface area contributed by atoms with Crippen molar-refractivity contribution in [1.82, 2.24) is 15.1 Å². The third-order valence-electron chi connectivity index (χ3n) is 5.33. The van der Waals surface area contributed by atoms with Gasteiger partial charge in [0.15, 0.2) is 0 Å². The fourth-order valence-corrected chi connectivity index (χ4v) is 3.51. The van der Waals surface area contributed by atoms with Crippen LogP contribution in [0.25, 0.3) is 0 Å². The number of hydrogen-bond acceptors (Lipinski definition) is 3. The molecule has 0 saturated carbocycles. The molecular weight excluding hydrogens is 278 g/mol. The monoisotopic (exact) mass is 309 g/mol. The van der Waals surface area contributed by atoms with Crippen LogP contribution in [0.15, 0.2) is 0 Å². The molecule has 2 fully saturated rings. The smallest absolute Gasteiger partial charge is 0.227 e. The van der Waals surface area contributed by atoms with Crippen LogP contribution in [0.2, 0.25) is 0 Å². The van der Waals surface area contributed by atoms with Crippen LogP contribution in [0.5, 0.6) is 0 Å². The first kappa shape index (κ1) is 17.3. The molecular formula is C17H31N3O2. The van der Waals surface area contributed by atoms with Gasteiger partial charge >= 0.3 is 0 Å². The highest BCUT2D eigenvalue weighted by Crippen LogP contribution is 2.23. The Morgan fingerprint density at radius 3 is 2.41 bits per heavy atom. The maximum absolute atomic E-state index is 12.7. The standard InChI is InChI=1S/C17H31N3O2/c1-4-13(2)16(21)20-9-5-6-14(12-20)17(22)19-10-7-15(18-3)8-11-19/h13-15,18H,4-12H2,1-3H3. The molecule has 2 unspecified atom stereocenters. The van der Waals surface area contributed by atoms with E-state index in [1.807, 2.05) is 30.7 Å². The number of hydrogen-bond donors (Lipinski definition) is 1. The molecule has 0 aromatic heterocycles. The van der Waals surface area contributed by atoms with Crippen molar-refractivity contribution in [3.05, 3.63) is 0 Å². The Balaban J connectivity index is 1.89. The third-order valence-corrected chi connectivity index (χ3v) is 5.33. The summed E-state index contributed by atoms with van der Waals surface area (Å²) in [5, 5.41) is 3.29. The summed E-state index contributed by atoms with van der Waals surface area (Å²) in [6.45, 7) is 7.15. The lowest BCUT2D eigenvalue weighted by molar-refractivity contribution is -0.143. The number of likely N-dealkylation sites (tertiary alicyclic amines) is 2. The second kappa shape index (κ2) is 7.95. The lowest BCUT2D eigenvalue weighted by Crippen LogP contribution is -2.50. The molecule has 5 heteroatoms. The molecule has 2 saturated heterocycles. The maximum atomic E-state index is 12.7. The molecule has 2 aliphatic heterocycles. The summed E-state index contributed by atoms with van der Waals surface area (Å²) in [6.07, 6.45) is 4.81. The first-order valence-corrected chi connectivity index (χ1v) is 8.81. The van der Waals surface area contributed by atoms with Gasteiger partial charge < -0.3 is 15.1 Å². The van der Waals surface area contributed by atoms with Crippen molar-refractivity contribution in [3.63, 3.8) is 0 Å². The van der Waals surface area contributed by atoms with Crippen molar-refractivity contribution in [3.8, 4) is 0 Å². The highest BCUT2D eigenvalue weighted by atomic mass is 16.2. The van der Waals surface area contributed by atoms with Gasteiger partial charge in [0.25, 0.3) is 0 Å². The number of piperidine rings is 2. The summed E-state index contributed by atoms with van der Waals surface area (Å²) in [6, 6.07) is 0.541. The van der Waals surface area contributed by atoms with Crippen molar-refractivity contribution in [1.29, 1.82) is 0 Å². The van der Waals surface area contributed by atoms with Crippen LogP contribution in [0.3, 0.4) is 0 Å². The van der Waals surface area contributed by atoms with Gasteiger partial charge in [-0.2, -0.15) is 0 Å². The molecule has 0 aliphatic carbocycles. The Labute approximate surface area is 134 Å². The molecule has 2 heterocycles. The van der Waals surface area contributed by atoms with E-state index >= 15 is 0 Å². The minimum atomic E-state index is 0.00731. The largest absolute Gasteiger partial charge is 0.342 e. The van der Waals surface area contributed by atoms with Crippen LogP contribution < -0.4 is 5.32 Å². The van der Waals surface area contributed by atoms with Gasteiger partial charge in [-0.3, -0.25) is 9.59 Å². The predicted octanol–water partition coefficient (Wildman–Crippen LogP) is 1.48. The Bertz CT molecular complexity index is 391. The van der Waals surface area contributed by atoms with Crippen LogP contribution in [-0.4, -0.2) is 60.9 Å². The zero-order valence-electron chi connectivity index (χ0n) is 14.3. The van der Waals surface area contributed by atoms with Gasteiger partial charge in [0.05, 0.1) is 5.92 Å². The van der Waals surface area contributed by atoms with Gasteiger partial charge in [0, 0.05) is 38.1 Å². The average molecular weight is 309 g/mol. The molecule has 0 aromatic rings. The Morgan fingerprint density at radius 1 is 1.14 bits per heavy atom. The topological polar surface area (TPSA) is 52.7 Å². The molecule has 0 aromatic carbocycles. The van der Waals surface area contributed by atoms with Gasteiger partial charge in [-0.05, 0) is 39.2 Å². The summed E-state index contributed by atoms with van der Waals surface area (Å²) in [5.41, 5.74) is 0. The van der Waals surface area contributed by atoms with E-state index in [-0.39, 0.29) is 23.7 Å². The number of carbonyl (C=O) groups is 2. The second-order valence-electron chi connectivity index (χ2n) is 6.82. The molecule has 2 atom stereocenters. The van der Waals surface area contributed by atoms with Gasteiger partial charge in [0.2, 0.25) is 11.8 Å². The van der Waals surface area contributed by atoms with Gasteiger partial charge in [-0.25, -0.2) is 0 Å². The van der Waals surface area contributed by atoms with Crippen molar-refractivity contribution < 1.29 is 9.59 Å². The molecule has 5 nitrogen and oxygen atoms in total. The van der Waals surface area contributed by atoms with Crippen LogP contribution in [0.1, 0.15) is 46.0 Å². The van der Waals surface area contributed by atoms with Crippen molar-refractivity contribution >= 4 is 11.8 Å². The first-order chi connectivity index (χ1) is 10.6. The van der Waals surface area contributed by atoms with Crippen molar-refractivity contribution in [2.45, 2.75) is 52.0 Å². The van der Waals surface area contributed by atoms with E-state index in [4.69, 9.17) is 0 Å². The fourth-order valence-electron chi connectivity index (χ4n) is 3.51. The van der Waals surface area contributed by atoms with E-state index in [0.29, 0.717) is 12.6 Å². The van der Waals surface area contributed by atoms with Gasteiger partial charge in [-0.15, -0.1) is 0 Å². The second-order valence-corrected chi connectivity index (χ2v) is 6.82. The summed E-state index contributed by atoms with van der Waals surface area (Å²) in [7, 11) is 1.99. The van der Waals surface area contributed by atoms with Gasteiger partial charge in [0.1, 0.15) is 0 Å². The minimum absolute atomic E-state index is 0.00731. The Morgan fingerprint density at radius 2 is 1.82 bits per heavy atom. The highest BCUT2D eigenvalue weighted by molar-refractivity contribution is 5.82. The predicted molar refractivity (Wildman–Crippen MR) is 87.4 cm³/mol. The van der Waals surface area contributed by atoms with E-state index in [1.54, 1.807) is 0 Å². The van der Waals surface area contributed by atoms with Crippen LogP contribution in [0.4, 0.5) is 0 Å². The molecule has 2 amide bonds. The van der Waals surface area contributed by atoms with Crippen LogP contribution in [0, 0.1) is 11.8 Å². The van der Waals surface area contributed by atoms with Crippen molar-refractivity contribution in [2.24, 2.45) is 11.8 Å². The van der Waals surface area contributed by atoms with Crippen LogP contribution in [-0.2, 0) is 9.59 Å². The number of nitrogens with zero attached hydrogens (tertiary/aromatic N) is 2. The van der Waals surface area contributed by atoms with E-state index in [2.05, 4.69) is 5.32 Å². The molecule has 1 N–H and O–H groups in total. The molecule has 0 spiro atoms. The zero-order valence-corrected chi connectivity index (χ0v) is 14.3. The number of rotatable bonds is 4. The molecule has 0 radical (unpaired) electrons. The zero-order chi connectivity index (χ0) is 16.1. The summed E-state index contributed by atoms with van der Waals surface area (Å²) in [4.78, 5) is 29.0. The summed E-state index contributed by atoms with van der Waals surface area (Å²) in [5.74, 6) is 0.554. The average Bonchev–Trinajstić information content (AvgIpc) is 2.59. The molecule has 0 bridgehead atoms. The fraction of sp³-hybridized carbons (Fsp3) is 0.882. The van der Waals surface area contributed by atoms with Crippen LogP contribution >= 0.6 is 0 Å². The highest BCUT2D eigenvalue weighted by Gasteiger charge is 2.33. The minimum Gasteiger partial charge on any atom is -0.342 e. The Kier molecular flexibility index (Phi) is 6.24. The molecule has 2 rings (SSSR count). The Hall–Kier alpha value is -1.10. The van der Waals surface area contributed by atoms with E-state index in [9.17, 15) is 9.59 Å². The quantitative estimate of drug-likeness (QED) is 0.856. The van der Waals surface area contributed by atoms with E-state index in [0.717, 1.165) is 51.7 Å². The number of nitrogens with one attached hydrogen (secondary N) is 1.